The Morgan fingerprint density at radius 3 is 0.794 bits per heavy atom. The molecule has 0 radical (unpaired) electrons. The van der Waals surface area contributed by atoms with E-state index in [1.54, 1.807) is 57.4 Å². The van der Waals surface area contributed by atoms with Gasteiger partial charge in [-0.1, -0.05) is 39.0 Å². The van der Waals surface area contributed by atoms with E-state index in [9.17, 15) is 28.8 Å². The maximum atomic E-state index is 13.7. The van der Waals surface area contributed by atoms with Crippen LogP contribution in [0.5, 0.6) is 34.5 Å². The van der Waals surface area contributed by atoms with Crippen LogP contribution in [0.25, 0.3) is 0 Å². The smallest absolute Gasteiger partial charge is 0.410 e. The van der Waals surface area contributed by atoms with Crippen LogP contribution in [0.2, 0.25) is 0 Å². The normalized spacial score (nSPS) is 21.6. The third-order valence-corrected chi connectivity index (χ3v) is 21.5. The van der Waals surface area contributed by atoms with Gasteiger partial charge in [0.2, 0.25) is 0 Å². The van der Waals surface area contributed by atoms with Gasteiger partial charge in [-0.05, 0) is 156 Å². The number of hydrogen-bond acceptors (Lipinski definition) is 15. The standard InChI is InChI=1S/3C26H37N3O5/c3*1-8-29-23(30)28-16-18-14-19(32-6)15-20(33-7)22(18)17(2)13-21(28)26(29)9-11-27(12-10-26)24(31)34-25(3,4)5/h3*13-15,17H,8-12,16H2,1-7H3/t2*17-;/m10./s1. The van der Waals surface area contributed by atoms with E-state index in [0.29, 0.717) is 134 Å². The van der Waals surface area contributed by atoms with Gasteiger partial charge in [-0.2, -0.15) is 0 Å². The molecular formula is C78H111N9O15. The highest BCUT2D eigenvalue weighted by molar-refractivity contribution is 5.85. The second-order valence-corrected chi connectivity index (χ2v) is 31.1. The van der Waals surface area contributed by atoms with Gasteiger partial charge in [0.15, 0.2) is 0 Å². The molecule has 0 N–H and O–H groups in total. The summed E-state index contributed by atoms with van der Waals surface area (Å²) in [6, 6.07) is 11.8. The van der Waals surface area contributed by atoms with Gasteiger partial charge in [0.1, 0.15) is 51.3 Å². The number of hydrogen-bond donors (Lipinski definition) is 0. The molecule has 558 valence electrons. The van der Waals surface area contributed by atoms with E-state index in [0.717, 1.165) is 67.7 Å². The molecule has 3 aromatic rings. The fraction of sp³-hybridized carbons (Fsp3) is 0.615. The van der Waals surface area contributed by atoms with Crippen LogP contribution in [0.4, 0.5) is 28.8 Å². The number of rotatable bonds is 9. The molecule has 1 unspecified atom stereocenters. The van der Waals surface area contributed by atoms with Crippen molar-refractivity contribution in [2.45, 2.75) is 213 Å². The molecule has 9 aliphatic rings. The van der Waals surface area contributed by atoms with Gasteiger partial charge < -0.3 is 72.0 Å². The van der Waals surface area contributed by atoms with Gasteiger partial charge >= 0.3 is 36.4 Å². The molecule has 12 rings (SSSR count). The number of carbonyl (C=O) groups is 6. The van der Waals surface area contributed by atoms with Crippen LogP contribution < -0.4 is 28.4 Å². The lowest BCUT2D eigenvalue weighted by Gasteiger charge is -2.44. The average Bonchev–Trinajstić information content (AvgIpc) is 1.58. The number of nitrogens with zero attached hydrogens (tertiary/aromatic N) is 9. The van der Waals surface area contributed by atoms with Crippen LogP contribution in [0, 0.1) is 0 Å². The number of piperidine rings is 3. The first-order chi connectivity index (χ1) is 48.1. The zero-order valence-electron chi connectivity index (χ0n) is 64.3. The highest BCUT2D eigenvalue weighted by Gasteiger charge is 2.59. The summed E-state index contributed by atoms with van der Waals surface area (Å²) < 4.78 is 50.4. The molecule has 9 heterocycles. The van der Waals surface area contributed by atoms with Crippen LogP contribution in [0.1, 0.15) is 194 Å². The third-order valence-electron chi connectivity index (χ3n) is 21.5. The quantitative estimate of drug-likeness (QED) is 0.182. The maximum absolute atomic E-state index is 13.7. The molecular weight excluding hydrogens is 1300 g/mol. The summed E-state index contributed by atoms with van der Waals surface area (Å²) in [7, 11) is 9.91. The molecule has 3 aromatic carbocycles. The van der Waals surface area contributed by atoms with Gasteiger partial charge in [0.05, 0.1) is 78.9 Å². The molecule has 0 saturated carbocycles. The molecule has 6 fully saturated rings. The van der Waals surface area contributed by atoms with E-state index in [1.165, 1.54) is 0 Å². The summed E-state index contributed by atoms with van der Waals surface area (Å²) in [5, 5.41) is 0. The number of likely N-dealkylation sites (N-methyl/N-ethyl adjacent to an activating group) is 3. The van der Waals surface area contributed by atoms with E-state index < -0.39 is 33.4 Å². The number of carbonyl (C=O) groups excluding carboxylic acids is 6. The van der Waals surface area contributed by atoms with E-state index >= 15 is 0 Å². The lowest BCUT2D eigenvalue weighted by molar-refractivity contribution is 0.0101. The first-order valence-corrected chi connectivity index (χ1v) is 36.3. The van der Waals surface area contributed by atoms with Crippen molar-refractivity contribution >= 4 is 36.4 Å². The molecule has 102 heavy (non-hydrogen) atoms. The van der Waals surface area contributed by atoms with Crippen molar-refractivity contribution in [3.63, 3.8) is 0 Å². The number of fused-ring (bicyclic) bond motifs is 9. The minimum atomic E-state index is -0.535. The van der Waals surface area contributed by atoms with E-state index in [2.05, 4.69) is 39.0 Å². The second-order valence-electron chi connectivity index (χ2n) is 31.1. The Bertz CT molecular complexity index is 3400. The van der Waals surface area contributed by atoms with Gasteiger partial charge in [-0.25, -0.2) is 28.8 Å². The monoisotopic (exact) mass is 1410 g/mol. The molecule has 3 atom stereocenters. The Morgan fingerprint density at radius 1 is 0.382 bits per heavy atom. The number of ether oxygens (including phenoxy) is 9. The van der Waals surface area contributed by atoms with Crippen molar-refractivity contribution in [1.29, 1.82) is 0 Å². The zero-order valence-corrected chi connectivity index (χ0v) is 64.3. The highest BCUT2D eigenvalue weighted by Crippen LogP contribution is 2.53. The summed E-state index contributed by atoms with van der Waals surface area (Å²) in [4.78, 5) is 96.0. The first-order valence-electron chi connectivity index (χ1n) is 36.3. The number of amides is 9. The predicted octanol–water partition coefficient (Wildman–Crippen LogP) is 14.2. The molecule has 24 nitrogen and oxygen atoms in total. The summed E-state index contributed by atoms with van der Waals surface area (Å²) in [6.45, 7) is 35.9. The van der Waals surface area contributed by atoms with Crippen molar-refractivity contribution in [1.82, 2.24) is 44.1 Å². The summed E-state index contributed by atoms with van der Waals surface area (Å²) in [5.41, 5.74) is 6.55. The molecule has 0 aliphatic carbocycles. The number of likely N-dealkylation sites (tertiary alicyclic amines) is 3. The Labute approximate surface area is 603 Å². The summed E-state index contributed by atoms with van der Waals surface area (Å²) in [5.74, 6) is 4.63. The predicted molar refractivity (Wildman–Crippen MR) is 387 cm³/mol. The topological polar surface area (TPSA) is 215 Å². The molecule has 6 saturated heterocycles. The number of allylic oxidation sites excluding steroid dienone is 3. The zero-order chi connectivity index (χ0) is 74.5. The molecule has 9 amide bonds. The number of benzene rings is 3. The van der Waals surface area contributed by atoms with E-state index in [-0.39, 0.29) is 54.1 Å². The molecule has 0 aromatic heterocycles. The van der Waals surface area contributed by atoms with Crippen molar-refractivity contribution in [2.75, 3.05) is 102 Å². The summed E-state index contributed by atoms with van der Waals surface area (Å²) >= 11 is 0. The maximum Gasteiger partial charge on any atom is 0.410 e. The van der Waals surface area contributed by atoms with Crippen LogP contribution in [-0.4, -0.2) is 215 Å². The van der Waals surface area contributed by atoms with Crippen molar-refractivity contribution in [3.05, 3.63) is 105 Å². The van der Waals surface area contributed by atoms with Gasteiger partial charge in [0.25, 0.3) is 0 Å². The number of urea groups is 3. The van der Waals surface area contributed by atoms with Gasteiger partial charge in [0, 0.05) is 129 Å². The van der Waals surface area contributed by atoms with Crippen molar-refractivity contribution in [3.8, 4) is 34.5 Å². The van der Waals surface area contributed by atoms with E-state index in [4.69, 9.17) is 42.6 Å². The first kappa shape index (κ1) is 76.0. The number of methoxy groups -OCH3 is 6. The SMILES string of the molecule is CCN1C(=O)N2Cc3cc(OC)cc(OC)c3C(C)C=C2C12CCN(C(=O)OC(C)(C)C)CC2.CCN1C(=O)N2Cc3cc(OC)cc(OC)c3[C@@H](C)C=C2C12CCN(C(=O)OC(C)(C)C)CC2.CCN1C(=O)N2Cc3cc(OC)cc(OC)c3[C@H](C)C=C2C12CCN(C(=O)OC(C)(C)C)CC2. The summed E-state index contributed by atoms with van der Waals surface area (Å²) in [6.07, 6.45) is 9.85. The minimum Gasteiger partial charge on any atom is -0.497 e. The fourth-order valence-corrected chi connectivity index (χ4v) is 17.0. The molecule has 24 heteroatoms. The Morgan fingerprint density at radius 2 is 0.608 bits per heavy atom. The van der Waals surface area contributed by atoms with Crippen molar-refractivity contribution in [2.24, 2.45) is 0 Å². The Balaban J connectivity index is 0.000000165. The largest absolute Gasteiger partial charge is 0.497 e. The molecule has 9 aliphatic heterocycles. The van der Waals surface area contributed by atoms with Crippen LogP contribution in [-0.2, 0) is 33.8 Å². The second kappa shape index (κ2) is 29.2. The van der Waals surface area contributed by atoms with E-state index in [1.807, 2.05) is 149 Å². The van der Waals surface area contributed by atoms with Crippen LogP contribution in [0.3, 0.4) is 0 Å². The lowest BCUT2D eigenvalue weighted by Crippen LogP contribution is -2.55. The Kier molecular flexibility index (Phi) is 21.7. The van der Waals surface area contributed by atoms with Gasteiger partial charge in [-0.3, -0.25) is 14.7 Å². The van der Waals surface area contributed by atoms with Crippen molar-refractivity contribution < 1.29 is 71.4 Å². The fourth-order valence-electron chi connectivity index (χ4n) is 17.0. The molecule has 0 bridgehead atoms. The highest BCUT2D eigenvalue weighted by atomic mass is 16.6. The van der Waals surface area contributed by atoms with Crippen LogP contribution >= 0.6 is 0 Å². The average molecular weight is 1410 g/mol. The third kappa shape index (κ3) is 14.3. The minimum absolute atomic E-state index is 0.0151. The lowest BCUT2D eigenvalue weighted by atomic mass is 9.82. The Hall–Kier alpha value is -8.70. The molecule has 3 spiro atoms. The van der Waals surface area contributed by atoms with Crippen LogP contribution in [0.15, 0.2) is 71.7 Å². The van der Waals surface area contributed by atoms with Gasteiger partial charge in [-0.15, -0.1) is 0 Å².